The van der Waals surface area contributed by atoms with Crippen LogP contribution in [0.25, 0.3) is 0 Å². The van der Waals surface area contributed by atoms with Crippen LogP contribution in [0, 0.1) is 16.7 Å². The van der Waals surface area contributed by atoms with E-state index in [0.717, 1.165) is 5.56 Å². The molecule has 8 nitrogen and oxygen atoms in total. The fraction of sp³-hybridized carbons (Fsp3) is 0.0556. The Kier molecular flexibility index (Phi) is 4.71. The van der Waals surface area contributed by atoms with Crippen LogP contribution in [0.4, 0.5) is 0 Å². The molecule has 1 aromatic carbocycles. The Balaban J connectivity index is 1.97. The van der Waals surface area contributed by atoms with Gasteiger partial charge in [-0.3, -0.25) is 9.98 Å². The summed E-state index contributed by atoms with van der Waals surface area (Å²) in [5, 5.41) is 21.3. The summed E-state index contributed by atoms with van der Waals surface area (Å²) < 4.78 is 7.32. The molecule has 0 amide bonds. The molecular weight excluding hydrogens is 330 g/mol. The Morgan fingerprint density at radius 2 is 2.08 bits per heavy atom. The first-order valence-electron chi connectivity index (χ1n) is 7.64. The Morgan fingerprint density at radius 1 is 1.31 bits per heavy atom. The molecule has 2 aromatic rings. The first-order chi connectivity index (χ1) is 12.6. The molecule has 3 rings (SSSR count). The maximum atomic E-state index is 9.15. The third kappa shape index (κ3) is 3.27. The number of hydrazone groups is 1. The highest BCUT2D eigenvalue weighted by Gasteiger charge is 2.22. The summed E-state index contributed by atoms with van der Waals surface area (Å²) in [6.07, 6.45) is 1.71. The van der Waals surface area contributed by atoms with Crippen molar-refractivity contribution in [2.45, 2.75) is 6.92 Å². The zero-order chi connectivity index (χ0) is 18.5. The van der Waals surface area contributed by atoms with Gasteiger partial charge in [-0.15, -0.1) is 5.10 Å². The highest BCUT2D eigenvalue weighted by atomic mass is 16.5. The summed E-state index contributed by atoms with van der Waals surface area (Å²) in [7, 11) is 0. The van der Waals surface area contributed by atoms with E-state index in [-0.39, 0.29) is 17.4 Å². The fourth-order valence-corrected chi connectivity index (χ4v) is 2.31. The molecule has 1 aliphatic heterocycles. The first-order valence-corrected chi connectivity index (χ1v) is 7.64. The van der Waals surface area contributed by atoms with Gasteiger partial charge in [0.2, 0.25) is 11.8 Å². The summed E-state index contributed by atoms with van der Waals surface area (Å²) in [5.41, 5.74) is 4.07. The van der Waals surface area contributed by atoms with Gasteiger partial charge in [0.05, 0.1) is 0 Å². The van der Waals surface area contributed by atoms with E-state index < -0.39 is 0 Å². The molecule has 0 radical (unpaired) electrons. The van der Waals surface area contributed by atoms with Crippen LogP contribution in [0.5, 0.6) is 0 Å². The summed E-state index contributed by atoms with van der Waals surface area (Å²) in [6.45, 7) is 5.09. The topological polar surface area (TPSA) is 111 Å². The van der Waals surface area contributed by atoms with Gasteiger partial charge in [0.1, 0.15) is 17.6 Å². The summed E-state index contributed by atoms with van der Waals surface area (Å²) >= 11 is 0. The largest absolute Gasteiger partial charge is 0.417 e. The number of hydrogen-bond donors (Lipinski definition) is 2. The maximum absolute atomic E-state index is 9.15. The Hall–Kier alpha value is -3.99. The lowest BCUT2D eigenvalue weighted by Gasteiger charge is -2.08. The van der Waals surface area contributed by atoms with Gasteiger partial charge in [0.25, 0.3) is 0 Å². The van der Waals surface area contributed by atoms with Crippen molar-refractivity contribution in [3.05, 3.63) is 71.5 Å². The number of nitrogens with one attached hydrogen (secondary N) is 2. The molecule has 0 unspecified atom stereocenters. The molecule has 128 valence electrons. The van der Waals surface area contributed by atoms with Crippen molar-refractivity contribution in [3.8, 4) is 6.07 Å². The van der Waals surface area contributed by atoms with Gasteiger partial charge in [0.15, 0.2) is 11.5 Å². The third-order valence-corrected chi connectivity index (χ3v) is 3.56. The normalized spacial score (nSPS) is 15.4. The molecule has 26 heavy (non-hydrogen) atoms. The molecule has 0 atom stereocenters. The van der Waals surface area contributed by atoms with E-state index in [4.69, 9.17) is 15.4 Å². The smallest absolute Gasteiger partial charge is 0.245 e. The van der Waals surface area contributed by atoms with Crippen LogP contribution >= 0.6 is 0 Å². The summed E-state index contributed by atoms with van der Waals surface area (Å²) in [5.74, 6) is 0.829. The fourth-order valence-electron chi connectivity index (χ4n) is 2.31. The second kappa shape index (κ2) is 7.27. The molecule has 0 aliphatic carbocycles. The lowest BCUT2D eigenvalue weighted by molar-refractivity contribution is 0.412. The minimum atomic E-state index is -0.179. The predicted molar refractivity (Wildman–Crippen MR) is 99.2 cm³/mol. The number of aromatic nitrogens is 1. The Labute approximate surface area is 150 Å². The molecule has 1 aliphatic rings. The minimum absolute atomic E-state index is 0.129. The number of aliphatic imine (C=N–C) groups is 2. The lowest BCUT2D eigenvalue weighted by atomic mass is 10.2. The van der Waals surface area contributed by atoms with Gasteiger partial charge >= 0.3 is 0 Å². The number of benzene rings is 1. The molecule has 0 spiro atoms. The molecule has 2 N–H and O–H groups in total. The molecular formula is C18H15N7O. The van der Waals surface area contributed by atoms with Crippen LogP contribution in [0.15, 0.2) is 75.3 Å². The quantitative estimate of drug-likeness (QED) is 0.658. The highest BCUT2D eigenvalue weighted by molar-refractivity contribution is 6.03. The van der Waals surface area contributed by atoms with E-state index >= 15 is 0 Å². The average molecular weight is 345 g/mol. The van der Waals surface area contributed by atoms with Crippen molar-refractivity contribution in [2.24, 2.45) is 15.1 Å². The minimum Gasteiger partial charge on any atom is -0.417 e. The monoisotopic (exact) mass is 345 g/mol. The van der Waals surface area contributed by atoms with Gasteiger partial charge in [-0.1, -0.05) is 18.2 Å². The van der Waals surface area contributed by atoms with Gasteiger partial charge in [-0.25, -0.2) is 15.4 Å². The van der Waals surface area contributed by atoms with E-state index in [0.29, 0.717) is 17.4 Å². The van der Waals surface area contributed by atoms with E-state index in [1.165, 1.54) is 0 Å². The van der Waals surface area contributed by atoms with Gasteiger partial charge in [0, 0.05) is 11.8 Å². The standard InChI is InChI=1S/C18H15N7O/c1-12(25-10-6-9-14(25)11-19)22-15(16(20)21-2)18-24-23-17(26-18)13-7-4-3-5-8-13/h3-10,20,24H,2H2,1H3. The first kappa shape index (κ1) is 16.9. The predicted octanol–water partition coefficient (Wildman–Crippen LogP) is 2.45. The molecule has 0 saturated heterocycles. The molecule has 0 fully saturated rings. The van der Waals surface area contributed by atoms with Gasteiger partial charge < -0.3 is 4.74 Å². The van der Waals surface area contributed by atoms with Gasteiger partial charge in [-0.05, 0) is 37.9 Å². The summed E-state index contributed by atoms with van der Waals surface area (Å²) in [6, 6.07) is 14.8. The van der Waals surface area contributed by atoms with Crippen molar-refractivity contribution in [1.29, 1.82) is 10.7 Å². The SMILES string of the molecule is C=NC(=N)C(N=C(C)n1cccc1C#N)=C1NN=C(c2ccccc2)O1. The molecule has 0 bridgehead atoms. The average Bonchev–Trinajstić information content (AvgIpc) is 3.35. The van der Waals surface area contributed by atoms with Crippen LogP contribution in [-0.2, 0) is 4.74 Å². The zero-order valence-electron chi connectivity index (χ0n) is 14.0. The van der Waals surface area contributed by atoms with E-state index in [9.17, 15) is 0 Å². The van der Waals surface area contributed by atoms with Crippen LogP contribution < -0.4 is 5.43 Å². The lowest BCUT2D eigenvalue weighted by Crippen LogP contribution is -2.14. The maximum Gasteiger partial charge on any atom is 0.245 e. The van der Waals surface area contributed by atoms with E-state index in [2.05, 4.69) is 33.3 Å². The zero-order valence-corrected chi connectivity index (χ0v) is 14.0. The number of rotatable bonds is 3. The van der Waals surface area contributed by atoms with E-state index in [1.54, 1.807) is 29.8 Å². The van der Waals surface area contributed by atoms with Gasteiger partial charge in [-0.2, -0.15) is 5.26 Å². The molecule has 1 aromatic heterocycles. The second-order valence-corrected chi connectivity index (χ2v) is 5.22. The second-order valence-electron chi connectivity index (χ2n) is 5.22. The third-order valence-electron chi connectivity index (χ3n) is 3.56. The van der Waals surface area contributed by atoms with Crippen molar-refractivity contribution in [3.63, 3.8) is 0 Å². The Bertz CT molecular complexity index is 990. The summed E-state index contributed by atoms with van der Waals surface area (Å²) in [4.78, 5) is 8.03. The number of nitriles is 1. The molecule has 2 heterocycles. The van der Waals surface area contributed by atoms with Crippen LogP contribution in [0.1, 0.15) is 18.2 Å². The van der Waals surface area contributed by atoms with E-state index in [1.807, 2.05) is 30.3 Å². The Morgan fingerprint density at radius 3 is 2.77 bits per heavy atom. The molecule has 8 heteroatoms. The number of nitrogens with zero attached hydrogens (tertiary/aromatic N) is 5. The van der Waals surface area contributed by atoms with Crippen molar-refractivity contribution >= 4 is 24.3 Å². The molecule has 0 saturated carbocycles. The van der Waals surface area contributed by atoms with Crippen LogP contribution in [0.2, 0.25) is 0 Å². The van der Waals surface area contributed by atoms with Crippen LogP contribution in [-0.4, -0.2) is 28.9 Å². The van der Waals surface area contributed by atoms with Crippen molar-refractivity contribution < 1.29 is 4.74 Å². The number of ether oxygens (including phenoxy) is 1. The number of hydrogen-bond acceptors (Lipinski definition) is 6. The van der Waals surface area contributed by atoms with Crippen LogP contribution in [0.3, 0.4) is 0 Å². The van der Waals surface area contributed by atoms with Crippen molar-refractivity contribution in [2.75, 3.05) is 0 Å². The highest BCUT2D eigenvalue weighted by Crippen LogP contribution is 2.17. The van der Waals surface area contributed by atoms with Crippen molar-refractivity contribution in [1.82, 2.24) is 9.99 Å². The number of amidine groups is 1.